The van der Waals surface area contributed by atoms with Crippen molar-refractivity contribution >= 4 is 5.91 Å². The maximum atomic E-state index is 12.0. The monoisotopic (exact) mass is 317 g/mol. The van der Waals surface area contributed by atoms with Gasteiger partial charge in [0.2, 0.25) is 11.8 Å². The SMILES string of the molecule is Cc1n[nH]c(C)c1CCc1nc(CC(=O)NC2CCCC2)no1. The van der Waals surface area contributed by atoms with E-state index < -0.39 is 0 Å². The van der Waals surface area contributed by atoms with Gasteiger partial charge in [0.25, 0.3) is 0 Å². The van der Waals surface area contributed by atoms with Crippen molar-refractivity contribution in [3.05, 3.63) is 28.7 Å². The summed E-state index contributed by atoms with van der Waals surface area (Å²) in [6.07, 6.45) is 6.18. The van der Waals surface area contributed by atoms with Gasteiger partial charge in [-0.2, -0.15) is 10.1 Å². The Bertz CT molecular complexity index is 650. The zero-order valence-corrected chi connectivity index (χ0v) is 13.7. The van der Waals surface area contributed by atoms with Gasteiger partial charge in [0.15, 0.2) is 5.82 Å². The van der Waals surface area contributed by atoms with E-state index in [0.29, 0.717) is 24.2 Å². The quantitative estimate of drug-likeness (QED) is 0.846. The van der Waals surface area contributed by atoms with Gasteiger partial charge in [0.05, 0.1) is 12.1 Å². The van der Waals surface area contributed by atoms with Crippen molar-refractivity contribution in [1.29, 1.82) is 0 Å². The molecule has 0 aromatic carbocycles. The van der Waals surface area contributed by atoms with E-state index in [1.807, 2.05) is 13.8 Å². The fourth-order valence-corrected chi connectivity index (χ4v) is 3.13. The van der Waals surface area contributed by atoms with Gasteiger partial charge in [-0.05, 0) is 38.7 Å². The molecule has 1 aliphatic carbocycles. The van der Waals surface area contributed by atoms with Crippen LogP contribution in [-0.2, 0) is 24.1 Å². The molecule has 7 nitrogen and oxygen atoms in total. The second-order valence-corrected chi connectivity index (χ2v) is 6.24. The second-order valence-electron chi connectivity index (χ2n) is 6.24. The standard InChI is InChI=1S/C16H23N5O2/c1-10-13(11(2)20-19-10)7-8-16-18-14(21-23-16)9-15(22)17-12-5-3-4-6-12/h12H,3-9H2,1-2H3,(H,17,22)(H,19,20). The minimum atomic E-state index is -0.0224. The number of hydrogen-bond acceptors (Lipinski definition) is 5. The molecule has 2 N–H and O–H groups in total. The normalized spacial score (nSPS) is 15.2. The number of hydrogen-bond donors (Lipinski definition) is 2. The van der Waals surface area contributed by atoms with Crippen LogP contribution in [0, 0.1) is 13.8 Å². The number of aromatic amines is 1. The number of rotatable bonds is 6. The van der Waals surface area contributed by atoms with Crippen LogP contribution in [0.25, 0.3) is 0 Å². The number of nitrogens with one attached hydrogen (secondary N) is 2. The molecule has 3 rings (SSSR count). The number of carbonyl (C=O) groups is 1. The van der Waals surface area contributed by atoms with Crippen LogP contribution in [0.3, 0.4) is 0 Å². The fraction of sp³-hybridized carbons (Fsp3) is 0.625. The average Bonchev–Trinajstić information content (AvgIpc) is 3.22. The lowest BCUT2D eigenvalue weighted by Gasteiger charge is -2.10. The number of H-pyrrole nitrogens is 1. The third-order valence-electron chi connectivity index (χ3n) is 4.42. The predicted octanol–water partition coefficient (Wildman–Crippen LogP) is 1.80. The van der Waals surface area contributed by atoms with Gasteiger partial charge in [-0.25, -0.2) is 0 Å². The highest BCUT2D eigenvalue weighted by Crippen LogP contribution is 2.17. The number of amides is 1. The summed E-state index contributed by atoms with van der Waals surface area (Å²) in [6.45, 7) is 3.98. The summed E-state index contributed by atoms with van der Waals surface area (Å²) in [5.74, 6) is 0.996. The molecule has 124 valence electrons. The third kappa shape index (κ3) is 3.97. The Kier molecular flexibility index (Phi) is 4.73. The average molecular weight is 317 g/mol. The lowest BCUT2D eigenvalue weighted by atomic mass is 10.1. The van der Waals surface area contributed by atoms with E-state index in [2.05, 4.69) is 25.7 Å². The van der Waals surface area contributed by atoms with Crippen molar-refractivity contribution in [3.8, 4) is 0 Å². The summed E-state index contributed by atoms with van der Waals surface area (Å²) in [5.41, 5.74) is 3.25. The predicted molar refractivity (Wildman–Crippen MR) is 83.9 cm³/mol. The third-order valence-corrected chi connectivity index (χ3v) is 4.42. The highest BCUT2D eigenvalue weighted by molar-refractivity contribution is 5.78. The van der Waals surface area contributed by atoms with Gasteiger partial charge in [-0.15, -0.1) is 0 Å². The van der Waals surface area contributed by atoms with E-state index in [1.165, 1.54) is 18.4 Å². The first kappa shape index (κ1) is 15.7. The minimum Gasteiger partial charge on any atom is -0.353 e. The molecule has 1 saturated carbocycles. The van der Waals surface area contributed by atoms with Crippen molar-refractivity contribution in [2.75, 3.05) is 0 Å². The van der Waals surface area contributed by atoms with Crippen LogP contribution < -0.4 is 5.32 Å². The molecular formula is C16H23N5O2. The van der Waals surface area contributed by atoms with E-state index in [0.717, 1.165) is 30.7 Å². The summed E-state index contributed by atoms with van der Waals surface area (Å²) < 4.78 is 5.24. The molecule has 1 aliphatic rings. The number of aryl methyl sites for hydroxylation is 3. The van der Waals surface area contributed by atoms with Gasteiger partial charge in [0.1, 0.15) is 0 Å². The summed E-state index contributed by atoms with van der Waals surface area (Å²) >= 11 is 0. The summed E-state index contributed by atoms with van der Waals surface area (Å²) in [6, 6.07) is 0.320. The molecule has 7 heteroatoms. The first-order valence-corrected chi connectivity index (χ1v) is 8.23. The zero-order valence-electron chi connectivity index (χ0n) is 13.7. The molecule has 0 bridgehead atoms. The van der Waals surface area contributed by atoms with Gasteiger partial charge < -0.3 is 9.84 Å². The van der Waals surface area contributed by atoms with Gasteiger partial charge in [-0.3, -0.25) is 9.89 Å². The largest absolute Gasteiger partial charge is 0.353 e. The fourth-order valence-electron chi connectivity index (χ4n) is 3.13. The topological polar surface area (TPSA) is 96.7 Å². The summed E-state index contributed by atoms with van der Waals surface area (Å²) in [4.78, 5) is 16.3. The highest BCUT2D eigenvalue weighted by atomic mass is 16.5. The Balaban J connectivity index is 1.50. The first-order chi connectivity index (χ1) is 11.1. The van der Waals surface area contributed by atoms with Crippen molar-refractivity contribution in [1.82, 2.24) is 25.7 Å². The van der Waals surface area contributed by atoms with Crippen molar-refractivity contribution in [3.63, 3.8) is 0 Å². The molecule has 0 radical (unpaired) electrons. The maximum absolute atomic E-state index is 12.0. The van der Waals surface area contributed by atoms with Crippen molar-refractivity contribution < 1.29 is 9.32 Å². The molecule has 23 heavy (non-hydrogen) atoms. The second kappa shape index (κ2) is 6.93. The Hall–Kier alpha value is -2.18. The van der Waals surface area contributed by atoms with Crippen LogP contribution in [0.15, 0.2) is 4.52 Å². The molecular weight excluding hydrogens is 294 g/mol. The minimum absolute atomic E-state index is 0.0224. The van der Waals surface area contributed by atoms with Crippen LogP contribution in [0.2, 0.25) is 0 Å². The van der Waals surface area contributed by atoms with Crippen molar-refractivity contribution in [2.24, 2.45) is 0 Å². The molecule has 0 aliphatic heterocycles. The van der Waals surface area contributed by atoms with Gasteiger partial charge >= 0.3 is 0 Å². The molecule has 2 aromatic heterocycles. The number of nitrogens with zero attached hydrogens (tertiary/aromatic N) is 3. The molecule has 2 aromatic rings. The van der Waals surface area contributed by atoms with Gasteiger partial charge in [0, 0.05) is 18.2 Å². The van der Waals surface area contributed by atoms with E-state index in [4.69, 9.17) is 4.52 Å². The van der Waals surface area contributed by atoms with E-state index in [-0.39, 0.29) is 12.3 Å². The van der Waals surface area contributed by atoms with Crippen LogP contribution in [0.1, 0.15) is 54.3 Å². The molecule has 1 fully saturated rings. The lowest BCUT2D eigenvalue weighted by molar-refractivity contribution is -0.121. The maximum Gasteiger partial charge on any atom is 0.228 e. The molecule has 0 saturated heterocycles. The highest BCUT2D eigenvalue weighted by Gasteiger charge is 2.19. The van der Waals surface area contributed by atoms with E-state index in [1.54, 1.807) is 0 Å². The van der Waals surface area contributed by atoms with Crippen LogP contribution in [-0.4, -0.2) is 32.3 Å². The Labute approximate surface area is 135 Å². The lowest BCUT2D eigenvalue weighted by Crippen LogP contribution is -2.33. The molecule has 0 atom stereocenters. The molecule has 1 amide bonds. The summed E-state index contributed by atoms with van der Waals surface area (Å²) in [7, 11) is 0. The Morgan fingerprint density at radius 3 is 2.78 bits per heavy atom. The Morgan fingerprint density at radius 2 is 2.09 bits per heavy atom. The number of aromatic nitrogens is 4. The van der Waals surface area contributed by atoms with Crippen LogP contribution in [0.4, 0.5) is 0 Å². The first-order valence-electron chi connectivity index (χ1n) is 8.23. The van der Waals surface area contributed by atoms with Crippen molar-refractivity contribution in [2.45, 2.75) is 64.8 Å². The van der Waals surface area contributed by atoms with E-state index >= 15 is 0 Å². The Morgan fingerprint density at radius 1 is 1.30 bits per heavy atom. The molecule has 0 unspecified atom stereocenters. The van der Waals surface area contributed by atoms with E-state index in [9.17, 15) is 4.79 Å². The molecule has 2 heterocycles. The van der Waals surface area contributed by atoms with Crippen LogP contribution in [0.5, 0.6) is 0 Å². The summed E-state index contributed by atoms with van der Waals surface area (Å²) in [5, 5.41) is 14.1. The molecule has 0 spiro atoms. The van der Waals surface area contributed by atoms with Gasteiger partial charge in [-0.1, -0.05) is 18.0 Å². The smallest absolute Gasteiger partial charge is 0.228 e. The van der Waals surface area contributed by atoms with Crippen LogP contribution >= 0.6 is 0 Å². The number of carbonyl (C=O) groups excluding carboxylic acids is 1. The zero-order chi connectivity index (χ0) is 16.2.